The van der Waals surface area contributed by atoms with Crippen LogP contribution >= 0.6 is 0 Å². The summed E-state index contributed by atoms with van der Waals surface area (Å²) in [6.45, 7) is 2.74. The number of aromatic nitrogens is 2. The van der Waals surface area contributed by atoms with Crippen molar-refractivity contribution in [3.63, 3.8) is 0 Å². The number of furan rings is 1. The van der Waals surface area contributed by atoms with Gasteiger partial charge in [-0.3, -0.25) is 4.79 Å². The van der Waals surface area contributed by atoms with E-state index in [2.05, 4.69) is 23.0 Å². The Labute approximate surface area is 124 Å². The van der Waals surface area contributed by atoms with E-state index < -0.39 is 0 Å². The van der Waals surface area contributed by atoms with E-state index in [-0.39, 0.29) is 5.91 Å². The van der Waals surface area contributed by atoms with Gasteiger partial charge in [0.05, 0.1) is 6.54 Å². The van der Waals surface area contributed by atoms with Crippen LogP contribution in [-0.4, -0.2) is 27.8 Å². The topological polar surface area (TPSA) is 62.1 Å². The third-order valence-electron chi connectivity index (χ3n) is 4.11. The van der Waals surface area contributed by atoms with Crippen molar-refractivity contribution in [2.45, 2.75) is 38.6 Å². The summed E-state index contributed by atoms with van der Waals surface area (Å²) in [5.41, 5.74) is 0. The number of hydrogen-bond acceptors (Lipinski definition) is 3. The largest absolute Gasteiger partial charge is 0.466 e. The lowest BCUT2D eigenvalue weighted by atomic mass is 10.2. The van der Waals surface area contributed by atoms with Crippen LogP contribution in [-0.2, 0) is 17.8 Å². The van der Waals surface area contributed by atoms with E-state index in [0.29, 0.717) is 25.3 Å². The first-order valence-electron chi connectivity index (χ1n) is 7.44. The molecule has 21 heavy (non-hydrogen) atoms. The van der Waals surface area contributed by atoms with Crippen LogP contribution in [0.15, 0.2) is 28.9 Å². The number of carbonyl (C=O) groups excluding carboxylic acids is 1. The van der Waals surface area contributed by atoms with Gasteiger partial charge in [-0.2, -0.15) is 0 Å². The van der Waals surface area contributed by atoms with E-state index in [1.807, 2.05) is 6.07 Å². The highest BCUT2D eigenvalue weighted by Crippen LogP contribution is 2.47. The lowest BCUT2D eigenvalue weighted by Gasteiger charge is -2.15. The zero-order valence-corrected chi connectivity index (χ0v) is 12.5. The highest BCUT2D eigenvalue weighted by atomic mass is 16.3. The third kappa shape index (κ3) is 3.35. The molecule has 0 spiro atoms. The number of amides is 1. The molecule has 1 N–H and O–H groups in total. The van der Waals surface area contributed by atoms with Crippen molar-refractivity contribution in [3.8, 4) is 0 Å². The summed E-state index contributed by atoms with van der Waals surface area (Å²) in [5, 5.41) is 0. The number of aromatic amines is 1. The first kappa shape index (κ1) is 13.9. The van der Waals surface area contributed by atoms with Gasteiger partial charge < -0.3 is 14.3 Å². The van der Waals surface area contributed by atoms with Crippen molar-refractivity contribution in [2.24, 2.45) is 5.92 Å². The number of imidazole rings is 1. The Morgan fingerprint density at radius 3 is 3.00 bits per heavy atom. The van der Waals surface area contributed by atoms with Crippen molar-refractivity contribution >= 4 is 5.91 Å². The van der Waals surface area contributed by atoms with Crippen molar-refractivity contribution in [1.82, 2.24) is 14.9 Å². The molecule has 1 amide bonds. The molecular weight excluding hydrogens is 266 g/mol. The van der Waals surface area contributed by atoms with E-state index in [0.717, 1.165) is 23.3 Å². The molecular formula is C16H21N3O2. The lowest BCUT2D eigenvalue weighted by molar-refractivity contribution is -0.130. The van der Waals surface area contributed by atoms with E-state index in [1.54, 1.807) is 24.3 Å². The fraction of sp³-hybridized carbons (Fsp3) is 0.500. The quantitative estimate of drug-likeness (QED) is 0.888. The number of hydrogen-bond donors (Lipinski definition) is 1. The van der Waals surface area contributed by atoms with Gasteiger partial charge in [0.1, 0.15) is 17.3 Å². The molecule has 1 aliphatic carbocycles. The van der Waals surface area contributed by atoms with Crippen LogP contribution in [0.1, 0.15) is 43.0 Å². The Bertz CT molecular complexity index is 603. The summed E-state index contributed by atoms with van der Waals surface area (Å²) < 4.78 is 5.82. The van der Waals surface area contributed by atoms with Gasteiger partial charge in [0.2, 0.25) is 5.91 Å². The van der Waals surface area contributed by atoms with E-state index >= 15 is 0 Å². The summed E-state index contributed by atoms with van der Waals surface area (Å²) in [4.78, 5) is 20.9. The Hall–Kier alpha value is -2.04. The fourth-order valence-electron chi connectivity index (χ4n) is 2.56. The van der Waals surface area contributed by atoms with Crippen molar-refractivity contribution < 1.29 is 9.21 Å². The summed E-state index contributed by atoms with van der Waals surface area (Å²) in [6.07, 6.45) is 5.79. The van der Waals surface area contributed by atoms with Crippen molar-refractivity contribution in [1.29, 1.82) is 0 Å². The first-order chi connectivity index (χ1) is 10.1. The van der Waals surface area contributed by atoms with E-state index in [9.17, 15) is 4.79 Å². The maximum absolute atomic E-state index is 12.1. The second-order valence-electron chi connectivity index (χ2n) is 5.91. The normalized spacial score (nSPS) is 20.5. The van der Waals surface area contributed by atoms with Gasteiger partial charge >= 0.3 is 0 Å². The summed E-state index contributed by atoms with van der Waals surface area (Å²) in [5.74, 6) is 4.22. The van der Waals surface area contributed by atoms with Gasteiger partial charge in [0.15, 0.2) is 0 Å². The number of nitrogens with zero attached hydrogens (tertiary/aromatic N) is 2. The minimum Gasteiger partial charge on any atom is -0.466 e. The average Bonchev–Trinajstić information content (AvgIpc) is 2.88. The molecule has 0 bridgehead atoms. The van der Waals surface area contributed by atoms with E-state index in [4.69, 9.17) is 4.42 Å². The molecule has 3 rings (SSSR count). The summed E-state index contributed by atoms with van der Waals surface area (Å²) in [7, 11) is 1.80. The number of aryl methyl sites for hydroxylation is 1. The van der Waals surface area contributed by atoms with Crippen LogP contribution in [0.5, 0.6) is 0 Å². The molecule has 2 unspecified atom stereocenters. The van der Waals surface area contributed by atoms with Gasteiger partial charge in [-0.05, 0) is 24.5 Å². The van der Waals surface area contributed by atoms with Crippen LogP contribution in [0.4, 0.5) is 0 Å². The smallest absolute Gasteiger partial charge is 0.223 e. The Kier molecular flexibility index (Phi) is 3.82. The minimum atomic E-state index is 0.101. The van der Waals surface area contributed by atoms with Crippen LogP contribution in [0, 0.1) is 5.92 Å². The summed E-state index contributed by atoms with van der Waals surface area (Å²) >= 11 is 0. The second-order valence-corrected chi connectivity index (χ2v) is 5.91. The molecule has 0 aromatic carbocycles. The lowest BCUT2D eigenvalue weighted by Crippen LogP contribution is -2.26. The number of carbonyl (C=O) groups is 1. The molecule has 112 valence electrons. The van der Waals surface area contributed by atoms with Crippen molar-refractivity contribution in [3.05, 3.63) is 41.9 Å². The number of rotatable bonds is 6. The maximum atomic E-state index is 12.1. The molecule has 2 aromatic heterocycles. The van der Waals surface area contributed by atoms with Gasteiger partial charge in [-0.1, -0.05) is 6.92 Å². The molecule has 1 saturated carbocycles. The van der Waals surface area contributed by atoms with Crippen LogP contribution in [0.2, 0.25) is 0 Å². The molecule has 1 aliphatic rings. The molecule has 0 saturated heterocycles. The number of H-pyrrole nitrogens is 1. The van der Waals surface area contributed by atoms with Gasteiger partial charge in [-0.25, -0.2) is 4.98 Å². The predicted molar refractivity (Wildman–Crippen MR) is 78.6 cm³/mol. The van der Waals surface area contributed by atoms with Gasteiger partial charge in [0, 0.05) is 38.2 Å². The fourth-order valence-corrected chi connectivity index (χ4v) is 2.56. The van der Waals surface area contributed by atoms with Gasteiger partial charge in [0.25, 0.3) is 0 Å². The summed E-state index contributed by atoms with van der Waals surface area (Å²) in [6, 6.07) is 4.06. The third-order valence-corrected chi connectivity index (χ3v) is 4.11. The Balaban J connectivity index is 1.47. The molecule has 2 heterocycles. The highest BCUT2D eigenvalue weighted by molar-refractivity contribution is 5.75. The van der Waals surface area contributed by atoms with Crippen molar-refractivity contribution in [2.75, 3.05) is 7.05 Å². The maximum Gasteiger partial charge on any atom is 0.223 e. The molecule has 1 fully saturated rings. The molecule has 2 aromatic rings. The first-order valence-corrected chi connectivity index (χ1v) is 7.44. The average molecular weight is 287 g/mol. The molecule has 2 atom stereocenters. The molecule has 5 nitrogen and oxygen atoms in total. The van der Waals surface area contributed by atoms with Crippen LogP contribution < -0.4 is 0 Å². The minimum absolute atomic E-state index is 0.101. The highest BCUT2D eigenvalue weighted by Gasteiger charge is 2.36. The zero-order valence-electron chi connectivity index (χ0n) is 12.5. The monoisotopic (exact) mass is 287 g/mol. The van der Waals surface area contributed by atoms with E-state index in [1.165, 1.54) is 6.42 Å². The molecule has 5 heteroatoms. The standard InChI is InChI=1S/C16H21N3O2/c1-11-9-13(11)14-5-3-12(21-14)4-6-16(20)19(2)10-15-17-7-8-18-15/h3,5,7-8,11,13H,4,6,9-10H2,1-2H3,(H,17,18). The molecule has 0 aliphatic heterocycles. The SMILES string of the molecule is CC1CC1c1ccc(CCC(=O)N(C)Cc2ncc[nH]2)o1. The van der Waals surface area contributed by atoms with Crippen LogP contribution in [0.3, 0.4) is 0 Å². The second kappa shape index (κ2) is 5.76. The molecule has 0 radical (unpaired) electrons. The van der Waals surface area contributed by atoms with Crippen LogP contribution in [0.25, 0.3) is 0 Å². The van der Waals surface area contributed by atoms with Gasteiger partial charge in [-0.15, -0.1) is 0 Å². The Morgan fingerprint density at radius 1 is 1.52 bits per heavy atom. The predicted octanol–water partition coefficient (Wildman–Crippen LogP) is 2.72. The number of nitrogens with one attached hydrogen (secondary N) is 1. The zero-order chi connectivity index (χ0) is 14.8. The Morgan fingerprint density at radius 2 is 2.33 bits per heavy atom.